The first kappa shape index (κ1) is 100. The molecule has 8 aromatic carbocycles. The molecule has 13 N–H and O–H groups in total. The molecule has 8 aromatic rings. The van der Waals surface area contributed by atoms with E-state index in [1.807, 2.05) is 98.8 Å². The molecule has 0 radical (unpaired) electrons. The molecule has 31 nitrogen and oxygen atoms in total. The number of piperidine rings is 4. The van der Waals surface area contributed by atoms with Crippen LogP contribution >= 0.6 is 0 Å². The molecule has 133 heavy (non-hydrogen) atoms. The molecule has 0 aromatic heterocycles. The quantitative estimate of drug-likeness (QED) is 0.0197. The fourth-order valence-corrected chi connectivity index (χ4v) is 29.2. The van der Waals surface area contributed by atoms with E-state index in [4.69, 9.17) is 18.9 Å². The van der Waals surface area contributed by atoms with Crippen molar-refractivity contribution in [1.29, 1.82) is 0 Å². The first-order chi connectivity index (χ1) is 63.3. The number of nitrogens with one attached hydrogen (secondary N) is 9. The number of nitrogens with zero attached hydrogens (tertiary/aromatic N) is 2. The highest BCUT2D eigenvalue weighted by atomic mass is 32.2. The van der Waals surface area contributed by atoms with Crippen LogP contribution in [0.15, 0.2) is 214 Å². The molecule has 4 heterocycles. The molecule has 0 bridgehead atoms. The molecule has 8 fully saturated rings. The molecule has 718 valence electrons. The molecule has 4 aliphatic carbocycles. The maximum atomic E-state index is 13.8. The van der Waals surface area contributed by atoms with Crippen LogP contribution in [0, 0.1) is 21.7 Å². The molecule has 4 amide bonds. The van der Waals surface area contributed by atoms with Gasteiger partial charge in [-0.3, -0.25) is 40.0 Å². The molecule has 38 heteroatoms. The highest BCUT2D eigenvalue weighted by molar-refractivity contribution is 7.94. The van der Waals surface area contributed by atoms with Gasteiger partial charge in [0, 0.05) is 36.3 Å². The minimum Gasteiger partial charge on any atom is -0.497 e. The van der Waals surface area contributed by atoms with Crippen molar-refractivity contribution in [2.24, 2.45) is 21.7 Å². The summed E-state index contributed by atoms with van der Waals surface area (Å²) >= 11 is 0. The lowest BCUT2D eigenvalue weighted by atomic mass is 9.77. The van der Waals surface area contributed by atoms with Gasteiger partial charge >= 0.3 is 6.18 Å². The third-order valence-electron chi connectivity index (χ3n) is 28.5. The molecular formula is C95H118F3N11O20S4. The Kier molecular flexibility index (Phi) is 30.9. The number of hydrogen-bond acceptors (Lipinski definition) is 27. The van der Waals surface area contributed by atoms with E-state index in [1.54, 1.807) is 84.7 Å². The number of sulfone groups is 4. The SMILES string of the molecule is CN(C)Cc1ccc(Oc2ccc(S(=O)(=O)C3(C(=O)NO)CCC4(CCNCC4)C3)cc2)cc1.COc1ccc(N(C)c2ccc(S(=O)(=O)C3(C(=O)NO)CCC4(CCNCC4)C3)cc2)cc1.COc1ccc(Nc2ccc(S(=O)(=O)C3(C(=O)NO)CCC4(CCNCC4)C3)cc2)cc1.O=C(NO)C1(S(=O)(=O)c2ccc(Oc3ccc(C(F)(F)F)cc3)cc2)CCC2(CCNCC2)C1. The van der Waals surface area contributed by atoms with Crippen LogP contribution in [0.3, 0.4) is 0 Å². The van der Waals surface area contributed by atoms with Crippen LogP contribution in [0.2, 0.25) is 0 Å². The average Bonchev–Trinajstić information content (AvgIpc) is 1.60. The smallest absolute Gasteiger partial charge is 0.416 e. The lowest BCUT2D eigenvalue weighted by Gasteiger charge is -2.36. The topological polar surface area (TPSA) is 437 Å². The summed E-state index contributed by atoms with van der Waals surface area (Å²) in [6.07, 6.45) is 6.01. The van der Waals surface area contributed by atoms with Crippen molar-refractivity contribution >= 4 is 85.7 Å². The summed E-state index contributed by atoms with van der Waals surface area (Å²) in [6.45, 7) is 7.16. The highest BCUT2D eigenvalue weighted by Gasteiger charge is 2.65. The van der Waals surface area contributed by atoms with E-state index < -0.39 is 93.7 Å². The fraction of sp³-hybridized carbons (Fsp3) is 0.453. The number of carbonyl (C=O) groups excluding carboxylic acids is 4. The van der Waals surface area contributed by atoms with Gasteiger partial charge in [0.2, 0.25) is 0 Å². The summed E-state index contributed by atoms with van der Waals surface area (Å²) in [7, 11) is -7.16. The van der Waals surface area contributed by atoms with E-state index >= 15 is 0 Å². The van der Waals surface area contributed by atoms with E-state index in [2.05, 4.69) is 31.5 Å². The van der Waals surface area contributed by atoms with Gasteiger partial charge in [-0.25, -0.2) is 55.6 Å². The molecule has 4 saturated carbocycles. The van der Waals surface area contributed by atoms with Gasteiger partial charge in [0.15, 0.2) is 58.3 Å². The van der Waals surface area contributed by atoms with Gasteiger partial charge in [-0.1, -0.05) is 12.1 Å². The second-order valence-electron chi connectivity index (χ2n) is 36.6. The van der Waals surface area contributed by atoms with Gasteiger partial charge in [0.05, 0.1) is 39.4 Å². The van der Waals surface area contributed by atoms with Crippen molar-refractivity contribution in [1.82, 2.24) is 48.1 Å². The van der Waals surface area contributed by atoms with Crippen LogP contribution in [-0.4, -0.2) is 190 Å². The largest absolute Gasteiger partial charge is 0.497 e. The minimum atomic E-state index is -4.46. The number of amides is 4. The van der Waals surface area contributed by atoms with E-state index in [0.717, 1.165) is 162 Å². The number of alkyl halides is 3. The van der Waals surface area contributed by atoms with Gasteiger partial charge in [-0.2, -0.15) is 13.2 Å². The molecule has 16 rings (SSSR count). The highest BCUT2D eigenvalue weighted by Crippen LogP contribution is 2.59. The number of carbonyl (C=O) groups is 4. The van der Waals surface area contributed by atoms with Crippen molar-refractivity contribution < 1.29 is 106 Å². The Bertz CT molecular complexity index is 5860. The van der Waals surface area contributed by atoms with Gasteiger partial charge < -0.3 is 55.3 Å². The Labute approximate surface area is 774 Å². The Balaban J connectivity index is 0.000000151. The van der Waals surface area contributed by atoms with Crippen molar-refractivity contribution in [2.45, 2.75) is 180 Å². The number of anilines is 4. The van der Waals surface area contributed by atoms with Gasteiger partial charge in [-0.15, -0.1) is 0 Å². The number of rotatable bonds is 24. The van der Waals surface area contributed by atoms with E-state index in [1.165, 1.54) is 60.7 Å². The van der Waals surface area contributed by atoms with E-state index in [9.17, 15) is 86.8 Å². The number of benzene rings is 8. The fourth-order valence-electron chi connectivity index (χ4n) is 20.8. The Morgan fingerprint density at radius 1 is 0.338 bits per heavy atom. The summed E-state index contributed by atoms with van der Waals surface area (Å²) in [4.78, 5) is 55.2. The average molecular weight is 1920 g/mol. The number of hydrogen-bond donors (Lipinski definition) is 13. The zero-order valence-corrected chi connectivity index (χ0v) is 78.2. The first-order valence-electron chi connectivity index (χ1n) is 44.4. The summed E-state index contributed by atoms with van der Waals surface area (Å²) in [6, 6.07) is 51.2. The zero-order chi connectivity index (χ0) is 95.5. The van der Waals surface area contributed by atoms with E-state index in [-0.39, 0.29) is 104 Å². The second kappa shape index (κ2) is 41.1. The summed E-state index contributed by atoms with van der Waals surface area (Å²) in [5.74, 6) is -0.431. The second-order valence-corrected chi connectivity index (χ2v) is 45.7. The maximum absolute atomic E-state index is 13.8. The standard InChI is InChI=1S/C25H33N3O5S.C24H31N3O5S.C23H25F3N2O5S.C23H29N3O5S/c1-28(2)17-19-3-5-20(6-4-19)33-21-7-9-22(10-8-21)34(31,32)25(23(29)27-30)12-11-24(18-25)13-15-26-16-14-24;1-27(18-3-7-20(32-2)8-4-18)19-5-9-21(10-6-19)33(30,31)24(22(28)26-29)12-11-23(17-24)13-15-25-16-14-23;24-23(25,26)16-1-3-17(4-2-16)33-18-5-7-19(8-6-18)34(31,32)22(20(29)28-30)10-9-21(15-22)11-13-27-14-12-21;1-31-19-6-2-17(3-7-19)25-18-4-8-20(9-5-18)32(29,30)23(21(27)26-28)11-10-22(16-23)12-14-24-15-13-22/h3-10,26,30H,11-18H2,1-2H3,(H,27,29);3-10,25,29H,11-17H2,1-2H3,(H,26,28);1-8,27,30H,9-15H2,(H,28,29);2-9,24-25,28H,10-16H2,1H3,(H,26,27). The summed E-state index contributed by atoms with van der Waals surface area (Å²) in [5, 5.41) is 54.0. The van der Waals surface area contributed by atoms with Gasteiger partial charge in [0.1, 0.15) is 34.5 Å². The van der Waals surface area contributed by atoms with Gasteiger partial charge in [0.25, 0.3) is 23.6 Å². The van der Waals surface area contributed by atoms with Crippen LogP contribution in [0.25, 0.3) is 0 Å². The zero-order valence-electron chi connectivity index (χ0n) is 75.0. The lowest BCUT2D eigenvalue weighted by molar-refractivity contribution is -0.137. The third kappa shape index (κ3) is 21.1. The monoisotopic (exact) mass is 1920 g/mol. The number of methoxy groups -OCH3 is 2. The van der Waals surface area contributed by atoms with Crippen molar-refractivity contribution in [2.75, 3.05) is 97.9 Å². The van der Waals surface area contributed by atoms with Crippen molar-refractivity contribution in [3.8, 4) is 34.5 Å². The van der Waals surface area contributed by atoms with E-state index in [0.29, 0.717) is 37.2 Å². The van der Waals surface area contributed by atoms with Crippen LogP contribution in [-0.2, 0) is 71.2 Å². The summed E-state index contributed by atoms with van der Waals surface area (Å²) in [5.41, 5.74) is 9.27. The molecule has 4 unspecified atom stereocenters. The normalized spacial score (nSPS) is 22.3. The molecule has 4 spiro atoms. The molecule has 4 aliphatic heterocycles. The number of ether oxygens (including phenoxy) is 4. The Hall–Kier alpha value is -10.3. The first-order valence-corrected chi connectivity index (χ1v) is 50.3. The number of halogens is 3. The van der Waals surface area contributed by atoms with Gasteiger partial charge in [-0.05, 0) is 404 Å². The Morgan fingerprint density at radius 3 is 0.835 bits per heavy atom. The molecule has 4 saturated heterocycles. The van der Waals surface area contributed by atoms with Crippen LogP contribution < -0.4 is 72.4 Å². The molecular weight excluding hydrogens is 1800 g/mol. The van der Waals surface area contributed by atoms with Crippen LogP contribution in [0.4, 0.5) is 35.9 Å². The minimum absolute atomic E-state index is 0.0516. The van der Waals surface area contributed by atoms with Crippen molar-refractivity contribution in [3.63, 3.8) is 0 Å². The summed E-state index contributed by atoms with van der Waals surface area (Å²) < 4.78 is 163. The maximum Gasteiger partial charge on any atom is 0.416 e. The lowest BCUT2D eigenvalue weighted by Crippen LogP contribution is -2.51. The number of hydroxylamine groups is 4. The Morgan fingerprint density at radius 2 is 0.571 bits per heavy atom. The molecule has 8 aliphatic rings. The third-order valence-corrected chi connectivity index (χ3v) is 38.4. The van der Waals surface area contributed by atoms with Crippen molar-refractivity contribution in [3.05, 3.63) is 205 Å². The predicted molar refractivity (Wildman–Crippen MR) is 491 cm³/mol. The predicted octanol–water partition coefficient (Wildman–Crippen LogP) is 13.2. The molecule has 4 atom stereocenters. The van der Waals surface area contributed by atoms with Crippen LogP contribution in [0.1, 0.15) is 140 Å². The van der Waals surface area contributed by atoms with Crippen LogP contribution in [0.5, 0.6) is 34.5 Å².